The van der Waals surface area contributed by atoms with Gasteiger partial charge in [0.15, 0.2) is 0 Å². The third kappa shape index (κ3) is 7.16. The molecule has 1 atom stereocenters. The summed E-state index contributed by atoms with van der Waals surface area (Å²) >= 11 is 0. The minimum Gasteiger partial charge on any atom is -0.383 e. The van der Waals surface area contributed by atoms with E-state index in [1.807, 2.05) is 13.8 Å². The molecule has 0 aliphatic carbocycles. The molecule has 0 aromatic carbocycles. The van der Waals surface area contributed by atoms with Crippen LogP contribution >= 0.6 is 0 Å². The first-order valence-corrected chi connectivity index (χ1v) is 7.44. The van der Waals surface area contributed by atoms with Crippen LogP contribution in [0, 0.1) is 0 Å². The van der Waals surface area contributed by atoms with Crippen molar-refractivity contribution in [2.45, 2.75) is 26.3 Å². The van der Waals surface area contributed by atoms with E-state index in [1.165, 1.54) is 10.6 Å². The molecule has 0 aliphatic heterocycles. The molecule has 0 fully saturated rings. The highest BCUT2D eigenvalue weighted by Gasteiger charge is 2.13. The standard InChI is InChI=1S/C10H24N2O3S/c1-5-12(16(4,13)14)8-6-7-11-10(2)9-15-3/h10-11H,5-9H2,1-4H3. The molecule has 0 spiro atoms. The first-order valence-electron chi connectivity index (χ1n) is 5.59. The number of hydrogen-bond acceptors (Lipinski definition) is 4. The maximum Gasteiger partial charge on any atom is 0.211 e. The van der Waals surface area contributed by atoms with Crippen LogP contribution in [0.3, 0.4) is 0 Å². The average Bonchev–Trinajstić information content (AvgIpc) is 2.16. The van der Waals surface area contributed by atoms with Crippen molar-refractivity contribution in [3.8, 4) is 0 Å². The molecule has 1 N–H and O–H groups in total. The van der Waals surface area contributed by atoms with E-state index in [2.05, 4.69) is 5.32 Å². The fourth-order valence-electron chi connectivity index (χ4n) is 1.47. The van der Waals surface area contributed by atoms with E-state index < -0.39 is 10.0 Å². The summed E-state index contributed by atoms with van der Waals surface area (Å²) < 4.78 is 29.0. The van der Waals surface area contributed by atoms with Gasteiger partial charge in [-0.2, -0.15) is 0 Å². The quantitative estimate of drug-likeness (QED) is 0.599. The lowest BCUT2D eigenvalue weighted by atomic mass is 10.3. The lowest BCUT2D eigenvalue weighted by Gasteiger charge is -2.18. The molecule has 98 valence electrons. The number of hydrogen-bond donors (Lipinski definition) is 1. The number of sulfonamides is 1. The normalized spacial score (nSPS) is 14.3. The molecule has 0 rings (SSSR count). The van der Waals surface area contributed by atoms with Crippen molar-refractivity contribution in [3.05, 3.63) is 0 Å². The van der Waals surface area contributed by atoms with Gasteiger partial charge in [0, 0.05) is 26.2 Å². The maximum atomic E-state index is 11.3. The minimum atomic E-state index is -3.05. The van der Waals surface area contributed by atoms with Crippen LogP contribution in [-0.4, -0.2) is 58.4 Å². The van der Waals surface area contributed by atoms with Gasteiger partial charge in [0.1, 0.15) is 0 Å². The Bertz CT molecular complexity index is 267. The molecule has 0 saturated heterocycles. The monoisotopic (exact) mass is 252 g/mol. The van der Waals surface area contributed by atoms with Crippen molar-refractivity contribution in [3.63, 3.8) is 0 Å². The second-order valence-corrected chi connectivity index (χ2v) is 5.90. The van der Waals surface area contributed by atoms with E-state index in [4.69, 9.17) is 4.74 Å². The molecule has 0 aliphatic rings. The summed E-state index contributed by atoms with van der Waals surface area (Å²) in [7, 11) is -1.38. The fraction of sp³-hybridized carbons (Fsp3) is 1.00. The number of nitrogens with one attached hydrogen (secondary N) is 1. The zero-order chi connectivity index (χ0) is 12.6. The lowest BCUT2D eigenvalue weighted by Crippen LogP contribution is -2.35. The van der Waals surface area contributed by atoms with Gasteiger partial charge in [-0.1, -0.05) is 6.92 Å². The van der Waals surface area contributed by atoms with Crippen molar-refractivity contribution in [1.82, 2.24) is 9.62 Å². The number of ether oxygens (including phenoxy) is 1. The third-order valence-corrected chi connectivity index (χ3v) is 3.69. The van der Waals surface area contributed by atoms with Crippen LogP contribution in [0.15, 0.2) is 0 Å². The molecule has 1 unspecified atom stereocenters. The zero-order valence-corrected chi connectivity index (χ0v) is 11.5. The smallest absolute Gasteiger partial charge is 0.211 e. The second-order valence-electron chi connectivity index (χ2n) is 3.92. The van der Waals surface area contributed by atoms with Crippen LogP contribution in [0.25, 0.3) is 0 Å². The van der Waals surface area contributed by atoms with Gasteiger partial charge in [0.25, 0.3) is 0 Å². The first kappa shape index (κ1) is 15.8. The summed E-state index contributed by atoms with van der Waals surface area (Å²) in [6, 6.07) is 0.304. The van der Waals surface area contributed by atoms with Gasteiger partial charge in [-0.25, -0.2) is 12.7 Å². The third-order valence-electron chi connectivity index (χ3n) is 2.32. The molecular formula is C10H24N2O3S. The highest BCUT2D eigenvalue weighted by Crippen LogP contribution is 1.98. The number of nitrogens with zero attached hydrogens (tertiary/aromatic N) is 1. The Morgan fingerprint density at radius 1 is 1.44 bits per heavy atom. The molecule has 0 saturated carbocycles. The first-order chi connectivity index (χ1) is 7.41. The van der Waals surface area contributed by atoms with E-state index in [1.54, 1.807) is 7.11 Å². The lowest BCUT2D eigenvalue weighted by molar-refractivity contribution is 0.172. The fourth-order valence-corrected chi connectivity index (χ4v) is 2.40. The van der Waals surface area contributed by atoms with Crippen LogP contribution in [0.5, 0.6) is 0 Å². The van der Waals surface area contributed by atoms with E-state index in [-0.39, 0.29) is 0 Å². The number of rotatable bonds is 9. The van der Waals surface area contributed by atoms with Crippen LogP contribution in [0.2, 0.25) is 0 Å². The molecule has 0 amide bonds. The van der Waals surface area contributed by atoms with E-state index in [0.717, 1.165) is 13.0 Å². The van der Waals surface area contributed by atoms with Crippen LogP contribution < -0.4 is 5.32 Å². The Morgan fingerprint density at radius 2 is 2.06 bits per heavy atom. The predicted octanol–water partition coefficient (Wildman–Crippen LogP) is 0.283. The van der Waals surface area contributed by atoms with Crippen molar-refractivity contribution in [2.24, 2.45) is 0 Å². The summed E-state index contributed by atoms with van der Waals surface area (Å²) in [5, 5.41) is 3.27. The highest BCUT2D eigenvalue weighted by atomic mass is 32.2. The van der Waals surface area contributed by atoms with Crippen LogP contribution in [0.1, 0.15) is 20.3 Å². The molecular weight excluding hydrogens is 228 g/mol. The Balaban J connectivity index is 3.72. The predicted molar refractivity (Wildman–Crippen MR) is 66.0 cm³/mol. The zero-order valence-electron chi connectivity index (χ0n) is 10.7. The molecule has 6 heteroatoms. The van der Waals surface area contributed by atoms with Crippen molar-refractivity contribution < 1.29 is 13.2 Å². The van der Waals surface area contributed by atoms with E-state index in [9.17, 15) is 8.42 Å². The van der Waals surface area contributed by atoms with Crippen molar-refractivity contribution in [1.29, 1.82) is 0 Å². The molecule has 5 nitrogen and oxygen atoms in total. The van der Waals surface area contributed by atoms with Gasteiger partial charge in [-0.15, -0.1) is 0 Å². The largest absolute Gasteiger partial charge is 0.383 e. The topological polar surface area (TPSA) is 58.6 Å². The number of methoxy groups -OCH3 is 1. The van der Waals surface area contributed by atoms with Crippen molar-refractivity contribution in [2.75, 3.05) is 39.6 Å². The van der Waals surface area contributed by atoms with Crippen LogP contribution in [0.4, 0.5) is 0 Å². The Labute approximate surface area is 99.2 Å². The summed E-state index contributed by atoms with van der Waals surface area (Å²) in [4.78, 5) is 0. The van der Waals surface area contributed by atoms with E-state index >= 15 is 0 Å². The molecule has 0 heterocycles. The van der Waals surface area contributed by atoms with Gasteiger partial charge >= 0.3 is 0 Å². The summed E-state index contributed by atoms with van der Waals surface area (Å²) in [6.07, 6.45) is 2.06. The van der Waals surface area contributed by atoms with Gasteiger partial charge in [0.2, 0.25) is 10.0 Å². The Hall–Kier alpha value is -0.170. The Kier molecular flexibility index (Phi) is 7.91. The maximum absolute atomic E-state index is 11.3. The van der Waals surface area contributed by atoms with Crippen LogP contribution in [-0.2, 0) is 14.8 Å². The molecule has 0 radical (unpaired) electrons. The van der Waals surface area contributed by atoms with Gasteiger partial charge in [-0.3, -0.25) is 0 Å². The summed E-state index contributed by atoms with van der Waals surface area (Å²) in [5.41, 5.74) is 0. The second kappa shape index (κ2) is 8.00. The van der Waals surface area contributed by atoms with Gasteiger partial charge in [-0.05, 0) is 19.9 Å². The summed E-state index contributed by atoms with van der Waals surface area (Å²) in [5.74, 6) is 0. The Morgan fingerprint density at radius 3 is 2.50 bits per heavy atom. The molecule has 0 aromatic heterocycles. The van der Waals surface area contributed by atoms with Gasteiger partial charge in [0.05, 0.1) is 12.9 Å². The SMILES string of the molecule is CCN(CCCNC(C)COC)S(C)(=O)=O. The average molecular weight is 252 g/mol. The van der Waals surface area contributed by atoms with Crippen molar-refractivity contribution >= 4 is 10.0 Å². The molecule has 0 aromatic rings. The minimum absolute atomic E-state index is 0.304. The molecule has 0 bridgehead atoms. The van der Waals surface area contributed by atoms with E-state index in [0.29, 0.717) is 25.7 Å². The molecule has 16 heavy (non-hydrogen) atoms. The summed E-state index contributed by atoms with van der Waals surface area (Å²) in [6.45, 7) is 6.47. The highest BCUT2D eigenvalue weighted by molar-refractivity contribution is 7.88. The van der Waals surface area contributed by atoms with Gasteiger partial charge < -0.3 is 10.1 Å².